The molecule has 1 N–H and O–H groups in total. The molecular formula is C14H24BrN3. The lowest BCUT2D eigenvalue weighted by Gasteiger charge is -2.19. The summed E-state index contributed by atoms with van der Waals surface area (Å²) in [6.45, 7) is 11.8. The topological polar surface area (TPSA) is 37.8 Å². The first-order valence-electron chi connectivity index (χ1n) is 6.65. The van der Waals surface area contributed by atoms with Gasteiger partial charge in [-0.05, 0) is 21.8 Å². The third-order valence-electron chi connectivity index (χ3n) is 3.09. The molecule has 0 amide bonds. The maximum Gasteiger partial charge on any atom is 0.137 e. The molecule has 0 aliphatic carbocycles. The summed E-state index contributed by atoms with van der Waals surface area (Å²) in [7, 11) is 0. The van der Waals surface area contributed by atoms with Gasteiger partial charge in [-0.2, -0.15) is 0 Å². The van der Waals surface area contributed by atoms with Crippen molar-refractivity contribution in [3.05, 3.63) is 16.5 Å². The Morgan fingerprint density at radius 3 is 2.33 bits per heavy atom. The number of aromatic nitrogens is 2. The fourth-order valence-corrected chi connectivity index (χ4v) is 2.05. The molecule has 0 radical (unpaired) electrons. The zero-order chi connectivity index (χ0) is 13.8. The Labute approximate surface area is 119 Å². The number of anilines is 1. The van der Waals surface area contributed by atoms with E-state index in [1.165, 1.54) is 12.8 Å². The lowest BCUT2D eigenvalue weighted by atomic mass is 9.96. The van der Waals surface area contributed by atoms with E-state index in [0.29, 0.717) is 5.92 Å². The average Bonchev–Trinajstić information content (AvgIpc) is 2.28. The van der Waals surface area contributed by atoms with Crippen LogP contribution in [0.25, 0.3) is 0 Å². The zero-order valence-electron chi connectivity index (χ0n) is 12.0. The van der Waals surface area contributed by atoms with Gasteiger partial charge in [-0.1, -0.05) is 47.5 Å². The minimum Gasteiger partial charge on any atom is -0.370 e. The van der Waals surface area contributed by atoms with Gasteiger partial charge in [0.2, 0.25) is 0 Å². The second-order valence-corrected chi connectivity index (χ2v) is 6.53. The molecule has 1 rings (SSSR count). The Morgan fingerprint density at radius 1 is 1.22 bits per heavy atom. The Balaban J connectivity index is 2.81. The summed E-state index contributed by atoms with van der Waals surface area (Å²) in [6.07, 6.45) is 2.39. The van der Waals surface area contributed by atoms with E-state index in [4.69, 9.17) is 0 Å². The maximum atomic E-state index is 4.59. The molecule has 1 aromatic rings. The Kier molecular flexibility index (Phi) is 5.57. The van der Waals surface area contributed by atoms with Gasteiger partial charge in [-0.15, -0.1) is 0 Å². The number of nitrogens with one attached hydrogen (secondary N) is 1. The van der Waals surface area contributed by atoms with E-state index in [0.717, 1.165) is 22.8 Å². The predicted octanol–water partition coefficient (Wildman–Crippen LogP) is 4.38. The van der Waals surface area contributed by atoms with Crippen molar-refractivity contribution in [3.63, 3.8) is 0 Å². The minimum absolute atomic E-state index is 0.0326. The van der Waals surface area contributed by atoms with E-state index >= 15 is 0 Å². The van der Waals surface area contributed by atoms with Gasteiger partial charge in [-0.3, -0.25) is 0 Å². The summed E-state index contributed by atoms with van der Waals surface area (Å²) in [5.74, 6) is 2.48. The summed E-state index contributed by atoms with van der Waals surface area (Å²) in [6, 6.07) is 1.94. The highest BCUT2D eigenvalue weighted by molar-refractivity contribution is 9.10. The first kappa shape index (κ1) is 15.4. The van der Waals surface area contributed by atoms with Gasteiger partial charge >= 0.3 is 0 Å². The third kappa shape index (κ3) is 4.56. The van der Waals surface area contributed by atoms with Crippen molar-refractivity contribution in [2.24, 2.45) is 5.92 Å². The first-order valence-corrected chi connectivity index (χ1v) is 7.45. The van der Waals surface area contributed by atoms with Crippen LogP contribution in [0.15, 0.2) is 10.7 Å². The number of hydrogen-bond acceptors (Lipinski definition) is 3. The van der Waals surface area contributed by atoms with E-state index in [2.05, 4.69) is 65.8 Å². The predicted molar refractivity (Wildman–Crippen MR) is 81.0 cm³/mol. The summed E-state index contributed by atoms with van der Waals surface area (Å²) >= 11 is 3.46. The fraction of sp³-hybridized carbons (Fsp3) is 0.714. The SMILES string of the molecule is CCC(CC)CNc1cc(Br)nc(C(C)(C)C)n1. The number of nitrogens with zero attached hydrogens (tertiary/aromatic N) is 2. The molecule has 1 aromatic heterocycles. The first-order chi connectivity index (χ1) is 8.36. The van der Waals surface area contributed by atoms with Crippen molar-refractivity contribution in [2.45, 2.75) is 52.9 Å². The van der Waals surface area contributed by atoms with E-state index in [9.17, 15) is 0 Å². The molecule has 102 valence electrons. The lowest BCUT2D eigenvalue weighted by Crippen LogP contribution is -2.19. The molecule has 18 heavy (non-hydrogen) atoms. The van der Waals surface area contributed by atoms with Crippen LogP contribution in [0.1, 0.15) is 53.3 Å². The van der Waals surface area contributed by atoms with Crippen molar-refractivity contribution < 1.29 is 0 Å². The van der Waals surface area contributed by atoms with Crippen LogP contribution in [-0.2, 0) is 5.41 Å². The Hall–Kier alpha value is -0.640. The van der Waals surface area contributed by atoms with E-state index < -0.39 is 0 Å². The van der Waals surface area contributed by atoms with Crippen LogP contribution in [-0.4, -0.2) is 16.5 Å². The molecule has 1 heterocycles. The van der Waals surface area contributed by atoms with Crippen LogP contribution in [0, 0.1) is 5.92 Å². The molecule has 0 aromatic carbocycles. The van der Waals surface area contributed by atoms with Crippen molar-refractivity contribution in [1.82, 2.24) is 9.97 Å². The summed E-state index contributed by atoms with van der Waals surface area (Å²) in [5.41, 5.74) is -0.0326. The molecule has 3 nitrogen and oxygen atoms in total. The molecule has 0 saturated heterocycles. The standard InChI is InChI=1S/C14H24BrN3/c1-6-10(7-2)9-16-12-8-11(15)17-13(18-12)14(3,4)5/h8,10H,6-7,9H2,1-5H3,(H,16,17,18). The zero-order valence-corrected chi connectivity index (χ0v) is 13.6. The number of hydrogen-bond donors (Lipinski definition) is 1. The summed E-state index contributed by atoms with van der Waals surface area (Å²) < 4.78 is 0.842. The summed E-state index contributed by atoms with van der Waals surface area (Å²) in [5, 5.41) is 3.42. The molecule has 0 atom stereocenters. The smallest absolute Gasteiger partial charge is 0.137 e. The van der Waals surface area contributed by atoms with Crippen LogP contribution in [0.3, 0.4) is 0 Å². The van der Waals surface area contributed by atoms with Crippen LogP contribution in [0.4, 0.5) is 5.82 Å². The molecule has 0 bridgehead atoms. The average molecular weight is 314 g/mol. The van der Waals surface area contributed by atoms with E-state index in [1.807, 2.05) is 6.07 Å². The second kappa shape index (κ2) is 6.50. The largest absolute Gasteiger partial charge is 0.370 e. The van der Waals surface area contributed by atoms with Crippen molar-refractivity contribution in [1.29, 1.82) is 0 Å². The lowest BCUT2D eigenvalue weighted by molar-refractivity contribution is 0.516. The molecule has 0 spiro atoms. The Morgan fingerprint density at radius 2 is 1.83 bits per heavy atom. The van der Waals surface area contributed by atoms with Crippen molar-refractivity contribution >= 4 is 21.7 Å². The highest BCUT2D eigenvalue weighted by Gasteiger charge is 2.18. The van der Waals surface area contributed by atoms with Crippen molar-refractivity contribution in [2.75, 3.05) is 11.9 Å². The van der Waals surface area contributed by atoms with E-state index in [1.54, 1.807) is 0 Å². The van der Waals surface area contributed by atoms with Gasteiger partial charge < -0.3 is 5.32 Å². The monoisotopic (exact) mass is 313 g/mol. The van der Waals surface area contributed by atoms with Gasteiger partial charge in [0.05, 0.1) is 0 Å². The fourth-order valence-electron chi connectivity index (χ4n) is 1.67. The second-order valence-electron chi connectivity index (χ2n) is 5.71. The molecule has 0 saturated carbocycles. The molecule has 0 unspecified atom stereocenters. The maximum absolute atomic E-state index is 4.59. The van der Waals surface area contributed by atoms with Crippen LogP contribution in [0.2, 0.25) is 0 Å². The van der Waals surface area contributed by atoms with Crippen LogP contribution < -0.4 is 5.32 Å². The van der Waals surface area contributed by atoms with Gasteiger partial charge in [0.15, 0.2) is 0 Å². The highest BCUT2D eigenvalue weighted by atomic mass is 79.9. The molecule has 0 aliphatic heterocycles. The van der Waals surface area contributed by atoms with Crippen molar-refractivity contribution in [3.8, 4) is 0 Å². The third-order valence-corrected chi connectivity index (χ3v) is 3.50. The van der Waals surface area contributed by atoms with Gasteiger partial charge in [0.1, 0.15) is 16.2 Å². The molecule has 0 fully saturated rings. The summed E-state index contributed by atoms with van der Waals surface area (Å²) in [4.78, 5) is 9.03. The van der Waals surface area contributed by atoms with Gasteiger partial charge in [0, 0.05) is 18.0 Å². The molecule has 4 heteroatoms. The van der Waals surface area contributed by atoms with Gasteiger partial charge in [0.25, 0.3) is 0 Å². The highest BCUT2D eigenvalue weighted by Crippen LogP contribution is 2.22. The minimum atomic E-state index is -0.0326. The Bertz CT molecular complexity index is 381. The normalized spacial score (nSPS) is 11.9. The molecule has 0 aliphatic rings. The molecular weight excluding hydrogens is 290 g/mol. The number of rotatable bonds is 5. The quantitative estimate of drug-likeness (QED) is 0.819. The van der Waals surface area contributed by atoms with Crippen LogP contribution in [0.5, 0.6) is 0 Å². The van der Waals surface area contributed by atoms with Crippen LogP contribution >= 0.6 is 15.9 Å². The number of halogens is 1. The van der Waals surface area contributed by atoms with Gasteiger partial charge in [-0.25, -0.2) is 9.97 Å². The van der Waals surface area contributed by atoms with E-state index in [-0.39, 0.29) is 5.41 Å².